The number of rotatable bonds is 10. The summed E-state index contributed by atoms with van der Waals surface area (Å²) < 4.78 is 125. The molecule has 0 aromatic heterocycles. The van der Waals surface area contributed by atoms with Gasteiger partial charge in [-0.3, -0.25) is 13.6 Å². The highest BCUT2D eigenvalue weighted by molar-refractivity contribution is 7.48. The molecule has 0 spiro atoms. The molecule has 0 radical (unpaired) electrons. The molecule has 0 aromatic rings. The van der Waals surface area contributed by atoms with E-state index in [-0.39, 0.29) is 0 Å². The fourth-order valence-corrected chi connectivity index (χ4v) is 2.24. The predicted molar refractivity (Wildman–Crippen MR) is 57.7 cm³/mol. The van der Waals surface area contributed by atoms with E-state index < -0.39 is 51.8 Å². The smallest absolute Gasteiger partial charge is 0.287 e. The van der Waals surface area contributed by atoms with Gasteiger partial charge in [0.15, 0.2) is 0 Å². The molecule has 0 aliphatic carbocycles. The van der Waals surface area contributed by atoms with E-state index in [1.165, 1.54) is 13.8 Å². The summed E-state index contributed by atoms with van der Waals surface area (Å²) in [6.45, 7) is -0.905. The van der Waals surface area contributed by atoms with E-state index in [2.05, 4.69) is 13.6 Å². The molecule has 4 nitrogen and oxygen atoms in total. The highest BCUT2D eigenvalue weighted by Gasteiger charge is 2.75. The van der Waals surface area contributed by atoms with Crippen molar-refractivity contribution in [1.29, 1.82) is 0 Å². The molecule has 0 unspecified atom stereocenters. The topological polar surface area (TPSA) is 44.8 Å². The van der Waals surface area contributed by atoms with Crippen LogP contribution in [0.2, 0.25) is 0 Å². The fraction of sp³-hybridized carbons (Fsp3) is 1.00. The van der Waals surface area contributed by atoms with Gasteiger partial charge in [0.05, 0.1) is 13.2 Å². The van der Waals surface area contributed by atoms with Crippen LogP contribution in [0.4, 0.5) is 35.1 Å². The van der Waals surface area contributed by atoms with E-state index in [9.17, 15) is 39.7 Å². The molecular weight excluding hydrogens is 355 g/mol. The van der Waals surface area contributed by atoms with Crippen LogP contribution in [0.1, 0.15) is 13.8 Å². The van der Waals surface area contributed by atoms with Crippen molar-refractivity contribution in [2.75, 3.05) is 19.8 Å². The molecule has 0 N–H and O–H groups in total. The second kappa shape index (κ2) is 7.41. The van der Waals surface area contributed by atoms with Crippen molar-refractivity contribution in [3.63, 3.8) is 0 Å². The Bertz CT molecular complexity index is 393. The first kappa shape index (κ1) is 21.6. The maximum Gasteiger partial charge on any atom is 0.474 e. The Kier molecular flexibility index (Phi) is 7.26. The molecule has 0 aliphatic heterocycles. The maximum absolute atomic E-state index is 13.1. The third-order valence-corrected chi connectivity index (χ3v) is 3.72. The molecule has 0 aromatic carbocycles. The number of phosphoric ester groups is 1. The summed E-state index contributed by atoms with van der Waals surface area (Å²) in [5.74, 6) is -18.5. The van der Waals surface area contributed by atoms with Crippen LogP contribution in [-0.4, -0.2) is 44.0 Å². The van der Waals surface area contributed by atoms with Crippen LogP contribution < -0.4 is 0 Å². The van der Waals surface area contributed by atoms with Gasteiger partial charge in [-0.05, 0) is 13.8 Å². The molecular formula is C9H13F8O4P. The third-order valence-electron chi connectivity index (χ3n) is 2.13. The van der Waals surface area contributed by atoms with Crippen molar-refractivity contribution < 1.29 is 53.3 Å². The van der Waals surface area contributed by atoms with Crippen LogP contribution in [0.15, 0.2) is 0 Å². The minimum Gasteiger partial charge on any atom is -0.287 e. The number of alkyl halides is 8. The predicted octanol–water partition coefficient (Wildman–Crippen LogP) is 4.36. The molecule has 0 amide bonds. The molecule has 0 bridgehead atoms. The lowest BCUT2D eigenvalue weighted by Gasteiger charge is -2.32. The van der Waals surface area contributed by atoms with Gasteiger partial charge >= 0.3 is 32.0 Å². The third kappa shape index (κ3) is 4.53. The van der Waals surface area contributed by atoms with Crippen molar-refractivity contribution >= 4 is 7.82 Å². The van der Waals surface area contributed by atoms with Crippen molar-refractivity contribution in [1.82, 2.24) is 0 Å². The van der Waals surface area contributed by atoms with Gasteiger partial charge in [-0.2, -0.15) is 26.3 Å². The van der Waals surface area contributed by atoms with Gasteiger partial charge < -0.3 is 0 Å². The molecule has 0 aliphatic rings. The standard InChI is InChI=1S/C9H13F8O4P/c1-3-19-22(18,20-4-2)21-5-7(12,13)9(16,17)8(14,15)6(10)11/h6H,3-5H2,1-2H3. The van der Waals surface area contributed by atoms with E-state index in [0.717, 1.165) is 0 Å². The Morgan fingerprint density at radius 1 is 0.909 bits per heavy atom. The van der Waals surface area contributed by atoms with Crippen LogP contribution in [0.25, 0.3) is 0 Å². The molecule has 0 saturated carbocycles. The quantitative estimate of drug-likeness (QED) is 0.425. The zero-order valence-corrected chi connectivity index (χ0v) is 12.2. The van der Waals surface area contributed by atoms with E-state index in [4.69, 9.17) is 0 Å². The first-order chi connectivity index (χ1) is 9.77. The molecule has 0 atom stereocenters. The molecule has 13 heteroatoms. The normalized spacial score (nSPS) is 14.7. The SMILES string of the molecule is CCOP(=O)(OCC)OCC(F)(F)C(F)(F)C(F)(F)C(F)F. The average Bonchev–Trinajstić information content (AvgIpc) is 2.36. The van der Waals surface area contributed by atoms with Crippen LogP contribution in [0, 0.1) is 0 Å². The van der Waals surface area contributed by atoms with Crippen molar-refractivity contribution in [3.05, 3.63) is 0 Å². The first-order valence-electron chi connectivity index (χ1n) is 5.72. The minimum absolute atomic E-state index is 0.396. The van der Waals surface area contributed by atoms with E-state index in [1.54, 1.807) is 0 Å². The van der Waals surface area contributed by atoms with Gasteiger partial charge in [-0.15, -0.1) is 0 Å². The first-order valence-corrected chi connectivity index (χ1v) is 7.18. The van der Waals surface area contributed by atoms with Gasteiger partial charge in [0.25, 0.3) is 0 Å². The Morgan fingerprint density at radius 2 is 1.32 bits per heavy atom. The highest BCUT2D eigenvalue weighted by atomic mass is 31.2. The zero-order valence-electron chi connectivity index (χ0n) is 11.3. The van der Waals surface area contributed by atoms with E-state index in [0.29, 0.717) is 0 Å². The summed E-state index contributed by atoms with van der Waals surface area (Å²) >= 11 is 0. The van der Waals surface area contributed by atoms with Gasteiger partial charge in [-0.25, -0.2) is 13.3 Å². The minimum atomic E-state index is -6.45. The number of hydrogen-bond acceptors (Lipinski definition) is 4. The number of halogens is 8. The van der Waals surface area contributed by atoms with E-state index >= 15 is 0 Å². The Labute approximate surface area is 120 Å². The van der Waals surface area contributed by atoms with Gasteiger partial charge in [0.1, 0.15) is 6.61 Å². The zero-order chi connectivity index (χ0) is 17.8. The van der Waals surface area contributed by atoms with Crippen LogP contribution in [0.5, 0.6) is 0 Å². The van der Waals surface area contributed by atoms with Crippen molar-refractivity contribution in [2.45, 2.75) is 38.0 Å². The Balaban J connectivity index is 5.21. The van der Waals surface area contributed by atoms with Crippen LogP contribution in [0.3, 0.4) is 0 Å². The van der Waals surface area contributed by atoms with Crippen molar-refractivity contribution in [2.24, 2.45) is 0 Å². The van der Waals surface area contributed by atoms with Gasteiger partial charge in [-0.1, -0.05) is 0 Å². The van der Waals surface area contributed by atoms with E-state index in [1.807, 2.05) is 0 Å². The van der Waals surface area contributed by atoms with Crippen LogP contribution in [-0.2, 0) is 18.1 Å². The second-order valence-electron chi connectivity index (χ2n) is 3.76. The van der Waals surface area contributed by atoms with Crippen LogP contribution >= 0.6 is 7.82 Å². The highest BCUT2D eigenvalue weighted by Crippen LogP contribution is 2.53. The lowest BCUT2D eigenvalue weighted by Crippen LogP contribution is -2.59. The van der Waals surface area contributed by atoms with Gasteiger partial charge in [0.2, 0.25) is 0 Å². The summed E-state index contributed by atoms with van der Waals surface area (Å²) in [5, 5.41) is 0. The molecule has 134 valence electrons. The molecule has 0 saturated heterocycles. The number of phosphoric acid groups is 1. The maximum atomic E-state index is 13.1. The Morgan fingerprint density at radius 3 is 1.64 bits per heavy atom. The van der Waals surface area contributed by atoms with Crippen molar-refractivity contribution in [3.8, 4) is 0 Å². The lowest BCUT2D eigenvalue weighted by atomic mass is 10.1. The summed E-state index contributed by atoms with van der Waals surface area (Å²) in [5.41, 5.74) is 0. The summed E-state index contributed by atoms with van der Waals surface area (Å²) in [7, 11) is -4.71. The summed E-state index contributed by atoms with van der Waals surface area (Å²) in [6, 6.07) is 0. The molecule has 0 heterocycles. The molecule has 0 fully saturated rings. The Hall–Kier alpha value is -0.450. The second-order valence-corrected chi connectivity index (χ2v) is 5.43. The summed E-state index contributed by atoms with van der Waals surface area (Å²) in [6.07, 6.45) is -5.04. The monoisotopic (exact) mass is 368 g/mol. The molecule has 22 heavy (non-hydrogen) atoms. The lowest BCUT2D eigenvalue weighted by molar-refractivity contribution is -0.342. The number of hydrogen-bond donors (Lipinski definition) is 0. The largest absolute Gasteiger partial charge is 0.474 e. The summed E-state index contributed by atoms with van der Waals surface area (Å²) in [4.78, 5) is 0. The average molecular weight is 368 g/mol. The molecule has 0 rings (SSSR count). The fourth-order valence-electron chi connectivity index (χ4n) is 1.06. The van der Waals surface area contributed by atoms with Gasteiger partial charge in [0, 0.05) is 0 Å².